The highest BCUT2D eigenvalue weighted by atomic mass is 16.5. The smallest absolute Gasteiger partial charge is 0.371 e. The average Bonchev–Trinajstić information content (AvgIpc) is 2.81. The quantitative estimate of drug-likeness (QED) is 0.641. The fourth-order valence-electron chi connectivity index (χ4n) is 1.27. The zero-order valence-corrected chi connectivity index (χ0v) is 10.4. The van der Waals surface area contributed by atoms with Crippen LogP contribution in [0.5, 0.6) is 0 Å². The molecule has 1 heterocycles. The van der Waals surface area contributed by atoms with Crippen LogP contribution < -0.4 is 0 Å². The van der Waals surface area contributed by atoms with E-state index in [-0.39, 0.29) is 12.4 Å². The number of furan rings is 1. The molecule has 6 heteroatoms. The maximum Gasteiger partial charge on any atom is 0.371 e. The monoisotopic (exact) mass is 258 g/mol. The van der Waals surface area contributed by atoms with Crippen LogP contribution in [0.25, 0.3) is 0 Å². The summed E-state index contributed by atoms with van der Waals surface area (Å²) in [6.07, 6.45) is 0.858. The van der Waals surface area contributed by atoms with Gasteiger partial charge in [-0.05, 0) is 18.6 Å². The van der Waals surface area contributed by atoms with Crippen molar-refractivity contribution in [2.45, 2.75) is 13.0 Å². The van der Waals surface area contributed by atoms with E-state index in [1.54, 1.807) is 13.2 Å². The molecule has 0 saturated heterocycles. The molecular weight excluding hydrogens is 240 g/mol. The fourth-order valence-corrected chi connectivity index (χ4v) is 1.27. The SMILES string of the molecule is COCCCOCCOCc1ccc(C(=O)O)o1. The predicted octanol–water partition coefficient (Wildman–Crippen LogP) is 1.55. The maximum absolute atomic E-state index is 10.6. The molecule has 0 radical (unpaired) electrons. The average molecular weight is 258 g/mol. The minimum Gasteiger partial charge on any atom is -0.475 e. The zero-order chi connectivity index (χ0) is 13.2. The summed E-state index contributed by atoms with van der Waals surface area (Å²) in [5.41, 5.74) is 0. The normalized spacial score (nSPS) is 10.7. The molecule has 1 aromatic heterocycles. The summed E-state index contributed by atoms with van der Waals surface area (Å²) in [5, 5.41) is 8.65. The number of hydrogen-bond acceptors (Lipinski definition) is 5. The highest BCUT2D eigenvalue weighted by Crippen LogP contribution is 2.08. The Morgan fingerprint density at radius 1 is 1.22 bits per heavy atom. The largest absolute Gasteiger partial charge is 0.475 e. The highest BCUT2D eigenvalue weighted by Gasteiger charge is 2.08. The van der Waals surface area contributed by atoms with E-state index in [1.807, 2.05) is 0 Å². The molecule has 0 saturated carbocycles. The first-order chi connectivity index (χ1) is 8.74. The van der Waals surface area contributed by atoms with Crippen molar-refractivity contribution in [1.82, 2.24) is 0 Å². The Labute approximate surface area is 105 Å². The number of carboxylic acid groups (broad SMARTS) is 1. The number of ether oxygens (including phenoxy) is 3. The fraction of sp³-hybridized carbons (Fsp3) is 0.583. The Kier molecular flexibility index (Phi) is 7.09. The van der Waals surface area contributed by atoms with Crippen molar-refractivity contribution in [3.8, 4) is 0 Å². The van der Waals surface area contributed by atoms with Gasteiger partial charge in [-0.3, -0.25) is 0 Å². The number of methoxy groups -OCH3 is 1. The summed E-state index contributed by atoms with van der Waals surface area (Å²) in [7, 11) is 1.65. The van der Waals surface area contributed by atoms with Crippen LogP contribution in [0.3, 0.4) is 0 Å². The Bertz CT molecular complexity index is 346. The summed E-state index contributed by atoms with van der Waals surface area (Å²) < 4.78 is 20.5. The second-order valence-corrected chi connectivity index (χ2v) is 3.58. The van der Waals surface area contributed by atoms with E-state index in [9.17, 15) is 4.79 Å². The molecule has 1 aromatic rings. The summed E-state index contributed by atoms with van der Waals surface area (Å²) >= 11 is 0. The molecule has 0 aliphatic heterocycles. The van der Waals surface area contributed by atoms with Gasteiger partial charge in [0.05, 0.1) is 13.2 Å². The van der Waals surface area contributed by atoms with Gasteiger partial charge in [0.1, 0.15) is 12.4 Å². The Balaban J connectivity index is 2.02. The molecule has 0 unspecified atom stereocenters. The molecule has 102 valence electrons. The molecular formula is C12H18O6. The molecule has 1 N–H and O–H groups in total. The Morgan fingerprint density at radius 3 is 2.67 bits per heavy atom. The van der Waals surface area contributed by atoms with Crippen LogP contribution in [-0.4, -0.2) is 44.6 Å². The third-order valence-electron chi connectivity index (χ3n) is 2.13. The van der Waals surface area contributed by atoms with E-state index in [0.29, 0.717) is 32.2 Å². The van der Waals surface area contributed by atoms with Gasteiger partial charge < -0.3 is 23.7 Å². The van der Waals surface area contributed by atoms with E-state index >= 15 is 0 Å². The molecule has 6 nitrogen and oxygen atoms in total. The van der Waals surface area contributed by atoms with Gasteiger partial charge in [0.2, 0.25) is 5.76 Å². The van der Waals surface area contributed by atoms with Crippen molar-refractivity contribution >= 4 is 5.97 Å². The number of carbonyl (C=O) groups is 1. The van der Waals surface area contributed by atoms with Crippen molar-refractivity contribution in [3.63, 3.8) is 0 Å². The standard InChI is InChI=1S/C12H18O6/c1-15-5-2-6-16-7-8-17-9-10-3-4-11(18-10)12(13)14/h3-4H,2,5-9H2,1H3,(H,13,14). The predicted molar refractivity (Wildman–Crippen MR) is 62.6 cm³/mol. The van der Waals surface area contributed by atoms with E-state index in [0.717, 1.165) is 6.42 Å². The lowest BCUT2D eigenvalue weighted by Gasteiger charge is -2.04. The van der Waals surface area contributed by atoms with Gasteiger partial charge in [0, 0.05) is 20.3 Å². The van der Waals surface area contributed by atoms with Crippen LogP contribution in [0.2, 0.25) is 0 Å². The van der Waals surface area contributed by atoms with Crippen molar-refractivity contribution in [2.24, 2.45) is 0 Å². The molecule has 0 aliphatic carbocycles. The molecule has 0 bridgehead atoms. The summed E-state index contributed by atoms with van der Waals surface area (Å²) in [6.45, 7) is 2.51. The van der Waals surface area contributed by atoms with Gasteiger partial charge >= 0.3 is 5.97 Å². The molecule has 18 heavy (non-hydrogen) atoms. The van der Waals surface area contributed by atoms with Crippen LogP contribution in [0.1, 0.15) is 22.7 Å². The van der Waals surface area contributed by atoms with Gasteiger partial charge in [-0.2, -0.15) is 0 Å². The number of aromatic carboxylic acids is 1. The highest BCUT2D eigenvalue weighted by molar-refractivity contribution is 5.84. The van der Waals surface area contributed by atoms with Crippen molar-refractivity contribution in [3.05, 3.63) is 23.7 Å². The lowest BCUT2D eigenvalue weighted by atomic mass is 10.4. The summed E-state index contributed by atoms with van der Waals surface area (Å²) in [6, 6.07) is 2.99. The van der Waals surface area contributed by atoms with Gasteiger partial charge in [-0.1, -0.05) is 0 Å². The maximum atomic E-state index is 10.6. The number of carboxylic acids is 1. The van der Waals surface area contributed by atoms with E-state index < -0.39 is 5.97 Å². The van der Waals surface area contributed by atoms with Crippen molar-refractivity contribution in [1.29, 1.82) is 0 Å². The van der Waals surface area contributed by atoms with E-state index in [2.05, 4.69) is 0 Å². The first kappa shape index (κ1) is 14.7. The molecule has 0 spiro atoms. The minimum absolute atomic E-state index is 0.0792. The second kappa shape index (κ2) is 8.68. The first-order valence-electron chi connectivity index (χ1n) is 5.70. The number of rotatable bonds is 10. The molecule has 0 atom stereocenters. The van der Waals surface area contributed by atoms with Crippen LogP contribution in [0.15, 0.2) is 16.5 Å². The third kappa shape index (κ3) is 5.81. The van der Waals surface area contributed by atoms with Gasteiger partial charge in [0.25, 0.3) is 0 Å². The van der Waals surface area contributed by atoms with Crippen LogP contribution in [0.4, 0.5) is 0 Å². The lowest BCUT2D eigenvalue weighted by Crippen LogP contribution is -2.06. The van der Waals surface area contributed by atoms with Crippen molar-refractivity contribution < 1.29 is 28.5 Å². The topological polar surface area (TPSA) is 78.1 Å². The summed E-state index contributed by atoms with van der Waals surface area (Å²) in [4.78, 5) is 10.6. The number of hydrogen-bond donors (Lipinski definition) is 1. The summed E-state index contributed by atoms with van der Waals surface area (Å²) in [5.74, 6) is -0.668. The Morgan fingerprint density at radius 2 is 2.00 bits per heavy atom. The van der Waals surface area contributed by atoms with Crippen molar-refractivity contribution in [2.75, 3.05) is 33.5 Å². The van der Waals surface area contributed by atoms with Gasteiger partial charge in [0.15, 0.2) is 0 Å². The molecule has 0 aromatic carbocycles. The molecule has 0 fully saturated rings. The lowest BCUT2D eigenvalue weighted by molar-refractivity contribution is 0.0280. The van der Waals surface area contributed by atoms with E-state index in [4.69, 9.17) is 23.7 Å². The molecule has 0 amide bonds. The van der Waals surface area contributed by atoms with Crippen LogP contribution in [-0.2, 0) is 20.8 Å². The molecule has 1 rings (SSSR count). The van der Waals surface area contributed by atoms with Gasteiger partial charge in [-0.15, -0.1) is 0 Å². The van der Waals surface area contributed by atoms with Gasteiger partial charge in [-0.25, -0.2) is 4.79 Å². The minimum atomic E-state index is -1.08. The van der Waals surface area contributed by atoms with Crippen LogP contribution >= 0.6 is 0 Å². The zero-order valence-electron chi connectivity index (χ0n) is 10.4. The Hall–Kier alpha value is -1.37. The van der Waals surface area contributed by atoms with E-state index in [1.165, 1.54) is 6.07 Å². The van der Waals surface area contributed by atoms with Crippen LogP contribution in [0, 0.1) is 0 Å². The third-order valence-corrected chi connectivity index (χ3v) is 2.13. The first-order valence-corrected chi connectivity index (χ1v) is 5.70. The molecule has 0 aliphatic rings. The second-order valence-electron chi connectivity index (χ2n) is 3.58.